The molecule has 8 heteroatoms. The monoisotopic (exact) mass is 471 g/mol. The molecule has 1 rings (SSSR count). The average molecular weight is 471 g/mol. The van der Waals surface area contributed by atoms with Gasteiger partial charge in [-0.05, 0) is 37.8 Å². The molecular weight excluding hydrogens is 445 g/mol. The standard InChI is InChI=1S/C15H25N3O2S2.HI/c1-15(2,21-4)11-18-14(16-3)17-10-12-6-8-13(9-7-12)22(5,19)20;/h6-9H,10-11H2,1-5H3,(H2,16,17,18);1H. The van der Waals surface area contributed by atoms with Crippen molar-refractivity contribution >= 4 is 51.5 Å². The summed E-state index contributed by atoms with van der Waals surface area (Å²) in [7, 11) is -1.41. The van der Waals surface area contributed by atoms with Crippen LogP contribution in [0.15, 0.2) is 34.2 Å². The van der Waals surface area contributed by atoms with Crippen LogP contribution in [0.5, 0.6) is 0 Å². The molecule has 0 unspecified atom stereocenters. The van der Waals surface area contributed by atoms with Crippen molar-refractivity contribution in [2.24, 2.45) is 4.99 Å². The SMILES string of the molecule is CN=C(NCc1ccc(S(C)(=O)=O)cc1)NCC(C)(C)SC.I. The highest BCUT2D eigenvalue weighted by molar-refractivity contribution is 14.0. The second-order valence-corrected chi connectivity index (χ2v) is 9.19. The van der Waals surface area contributed by atoms with Gasteiger partial charge in [0, 0.05) is 31.1 Å². The first-order valence-electron chi connectivity index (χ1n) is 6.96. The minimum atomic E-state index is -3.14. The number of nitrogens with zero attached hydrogens (tertiary/aromatic N) is 1. The number of guanidine groups is 1. The summed E-state index contributed by atoms with van der Waals surface area (Å²) < 4.78 is 23.0. The maximum absolute atomic E-state index is 11.4. The topological polar surface area (TPSA) is 70.6 Å². The number of nitrogens with one attached hydrogen (secondary N) is 2. The minimum Gasteiger partial charge on any atom is -0.355 e. The van der Waals surface area contributed by atoms with Crippen molar-refractivity contribution in [3.8, 4) is 0 Å². The van der Waals surface area contributed by atoms with Gasteiger partial charge >= 0.3 is 0 Å². The van der Waals surface area contributed by atoms with Crippen molar-refractivity contribution in [1.82, 2.24) is 10.6 Å². The Hall–Kier alpha value is -0.480. The zero-order chi connectivity index (χ0) is 16.8. The van der Waals surface area contributed by atoms with Crippen LogP contribution in [0.3, 0.4) is 0 Å². The van der Waals surface area contributed by atoms with E-state index >= 15 is 0 Å². The predicted molar refractivity (Wildman–Crippen MR) is 111 cm³/mol. The van der Waals surface area contributed by atoms with E-state index in [1.165, 1.54) is 6.26 Å². The zero-order valence-corrected chi connectivity index (χ0v) is 18.2. The highest BCUT2D eigenvalue weighted by atomic mass is 127. The first-order chi connectivity index (χ1) is 10.2. The minimum absolute atomic E-state index is 0. The predicted octanol–water partition coefficient (Wildman–Crippen LogP) is 2.51. The Morgan fingerprint density at radius 1 is 1.22 bits per heavy atom. The Morgan fingerprint density at radius 2 is 1.78 bits per heavy atom. The molecule has 0 fully saturated rings. The quantitative estimate of drug-likeness (QED) is 0.379. The van der Waals surface area contributed by atoms with Gasteiger partial charge in [-0.25, -0.2) is 8.42 Å². The van der Waals surface area contributed by atoms with Crippen LogP contribution in [-0.4, -0.2) is 45.2 Å². The lowest BCUT2D eigenvalue weighted by molar-refractivity contribution is 0.602. The van der Waals surface area contributed by atoms with E-state index in [1.54, 1.807) is 30.9 Å². The molecule has 0 aromatic heterocycles. The molecule has 0 bridgehead atoms. The fourth-order valence-electron chi connectivity index (χ4n) is 1.63. The highest BCUT2D eigenvalue weighted by Crippen LogP contribution is 2.19. The smallest absolute Gasteiger partial charge is 0.191 e. The van der Waals surface area contributed by atoms with Crippen molar-refractivity contribution < 1.29 is 8.42 Å². The molecule has 0 radical (unpaired) electrons. The van der Waals surface area contributed by atoms with Crippen molar-refractivity contribution in [1.29, 1.82) is 0 Å². The molecule has 0 aliphatic rings. The molecule has 0 saturated heterocycles. The van der Waals surface area contributed by atoms with E-state index in [1.807, 2.05) is 12.1 Å². The Labute approximate surface area is 161 Å². The Morgan fingerprint density at radius 3 is 2.22 bits per heavy atom. The number of hydrogen-bond acceptors (Lipinski definition) is 4. The van der Waals surface area contributed by atoms with Crippen LogP contribution in [-0.2, 0) is 16.4 Å². The van der Waals surface area contributed by atoms with Gasteiger partial charge in [0.1, 0.15) is 0 Å². The van der Waals surface area contributed by atoms with E-state index in [0.29, 0.717) is 11.4 Å². The molecule has 0 atom stereocenters. The molecule has 23 heavy (non-hydrogen) atoms. The first-order valence-corrected chi connectivity index (χ1v) is 10.1. The summed E-state index contributed by atoms with van der Waals surface area (Å²) >= 11 is 1.80. The van der Waals surface area contributed by atoms with E-state index in [4.69, 9.17) is 0 Å². The number of hydrogen-bond donors (Lipinski definition) is 2. The third-order valence-corrected chi connectivity index (χ3v) is 5.65. The number of aliphatic imine (C=N–C) groups is 1. The Kier molecular flexibility index (Phi) is 9.53. The highest BCUT2D eigenvalue weighted by Gasteiger charge is 2.16. The van der Waals surface area contributed by atoms with Gasteiger partial charge in [0.05, 0.1) is 4.90 Å². The summed E-state index contributed by atoms with van der Waals surface area (Å²) in [5.74, 6) is 0.731. The van der Waals surface area contributed by atoms with E-state index in [2.05, 4.69) is 35.7 Å². The van der Waals surface area contributed by atoms with Gasteiger partial charge in [-0.3, -0.25) is 4.99 Å². The summed E-state index contributed by atoms with van der Waals surface area (Å²) in [5, 5.41) is 6.51. The lowest BCUT2D eigenvalue weighted by Gasteiger charge is -2.23. The van der Waals surface area contributed by atoms with Crippen LogP contribution >= 0.6 is 35.7 Å². The van der Waals surface area contributed by atoms with Crippen LogP contribution in [0.2, 0.25) is 0 Å². The number of sulfone groups is 1. The molecule has 0 heterocycles. The molecule has 0 amide bonds. The fraction of sp³-hybridized carbons (Fsp3) is 0.533. The van der Waals surface area contributed by atoms with Gasteiger partial charge in [0.15, 0.2) is 15.8 Å². The molecule has 1 aromatic carbocycles. The maximum Gasteiger partial charge on any atom is 0.191 e. The van der Waals surface area contributed by atoms with Crippen molar-refractivity contribution in [3.05, 3.63) is 29.8 Å². The molecule has 132 valence electrons. The molecule has 1 aromatic rings. The second kappa shape index (κ2) is 9.73. The third kappa shape index (κ3) is 8.25. The van der Waals surface area contributed by atoms with Crippen molar-refractivity contribution in [2.75, 3.05) is 26.1 Å². The van der Waals surface area contributed by atoms with Crippen molar-refractivity contribution in [3.63, 3.8) is 0 Å². The van der Waals surface area contributed by atoms with Crippen LogP contribution in [0.4, 0.5) is 0 Å². The molecule has 0 aliphatic carbocycles. The number of benzene rings is 1. The Bertz CT molecular complexity index is 614. The summed E-state index contributed by atoms with van der Waals surface area (Å²) in [6.07, 6.45) is 3.29. The molecule has 0 saturated carbocycles. The fourth-order valence-corrected chi connectivity index (χ4v) is 2.48. The van der Waals surface area contributed by atoms with Crippen LogP contribution < -0.4 is 10.6 Å². The molecule has 2 N–H and O–H groups in total. The first kappa shape index (κ1) is 22.5. The van der Waals surface area contributed by atoms with Crippen LogP contribution in [0.25, 0.3) is 0 Å². The van der Waals surface area contributed by atoms with E-state index in [0.717, 1.165) is 18.1 Å². The zero-order valence-electron chi connectivity index (χ0n) is 14.2. The summed E-state index contributed by atoms with van der Waals surface area (Å²) in [5.41, 5.74) is 1.000. The molecule has 0 aliphatic heterocycles. The van der Waals surface area contributed by atoms with Gasteiger partial charge in [-0.2, -0.15) is 11.8 Å². The molecule has 5 nitrogen and oxygen atoms in total. The maximum atomic E-state index is 11.4. The average Bonchev–Trinajstić information content (AvgIpc) is 2.47. The van der Waals surface area contributed by atoms with Crippen LogP contribution in [0, 0.1) is 0 Å². The van der Waals surface area contributed by atoms with Gasteiger partial charge in [0.2, 0.25) is 0 Å². The van der Waals surface area contributed by atoms with Crippen molar-refractivity contribution in [2.45, 2.75) is 30.0 Å². The van der Waals surface area contributed by atoms with Crippen LogP contribution in [0.1, 0.15) is 19.4 Å². The second-order valence-electron chi connectivity index (χ2n) is 5.66. The lowest BCUT2D eigenvalue weighted by atomic mass is 10.2. The number of thioether (sulfide) groups is 1. The lowest BCUT2D eigenvalue weighted by Crippen LogP contribution is -2.42. The van der Waals surface area contributed by atoms with Gasteiger partial charge in [-0.15, -0.1) is 24.0 Å². The van der Waals surface area contributed by atoms with E-state index < -0.39 is 9.84 Å². The van der Waals surface area contributed by atoms with Gasteiger partial charge in [-0.1, -0.05) is 12.1 Å². The molecular formula is C15H26IN3O2S2. The van der Waals surface area contributed by atoms with E-state index in [9.17, 15) is 8.42 Å². The molecule has 0 spiro atoms. The van der Waals surface area contributed by atoms with Gasteiger partial charge in [0.25, 0.3) is 0 Å². The number of halogens is 1. The van der Waals surface area contributed by atoms with E-state index in [-0.39, 0.29) is 28.7 Å². The normalized spacial score (nSPS) is 12.5. The largest absolute Gasteiger partial charge is 0.355 e. The third-order valence-electron chi connectivity index (χ3n) is 3.27. The summed E-state index contributed by atoms with van der Waals surface area (Å²) in [6, 6.07) is 6.86. The number of rotatable bonds is 6. The summed E-state index contributed by atoms with van der Waals surface area (Å²) in [4.78, 5) is 4.52. The summed E-state index contributed by atoms with van der Waals surface area (Å²) in [6.45, 7) is 5.73. The van der Waals surface area contributed by atoms with Gasteiger partial charge < -0.3 is 10.6 Å². The Balaban J connectivity index is 0.00000484.